The molecule has 0 radical (unpaired) electrons. The molecular weight excluding hydrogens is 510 g/mol. The van der Waals surface area contributed by atoms with Crippen LogP contribution < -0.4 is 4.72 Å². The Hall–Kier alpha value is -2.43. The molecule has 10 nitrogen and oxygen atoms in total. The molecule has 5 atom stereocenters. The van der Waals surface area contributed by atoms with Crippen LogP contribution in [0.2, 0.25) is 0 Å². The first-order valence-corrected chi connectivity index (χ1v) is 15.2. The molecule has 11 heteroatoms. The van der Waals surface area contributed by atoms with Gasteiger partial charge in [-0.25, -0.2) is 13.2 Å². The molecule has 3 fully saturated rings. The summed E-state index contributed by atoms with van der Waals surface area (Å²) in [6.07, 6.45) is 8.46. The number of sulfonamides is 1. The maximum absolute atomic E-state index is 13.8. The van der Waals surface area contributed by atoms with E-state index in [0.717, 1.165) is 25.7 Å². The Morgan fingerprint density at radius 3 is 2.53 bits per heavy atom. The maximum Gasteiger partial charge on any atom is 0.409 e. The van der Waals surface area contributed by atoms with Crippen LogP contribution in [0.5, 0.6) is 0 Å². The highest BCUT2D eigenvalue weighted by Gasteiger charge is 2.62. The first-order valence-electron chi connectivity index (χ1n) is 13.7. The van der Waals surface area contributed by atoms with Gasteiger partial charge in [-0.1, -0.05) is 31.9 Å². The number of carbonyl (C=O) groups excluding carboxylic acids is 4. The maximum atomic E-state index is 13.8. The Bertz CT molecular complexity index is 1110. The van der Waals surface area contributed by atoms with Gasteiger partial charge < -0.3 is 14.5 Å². The lowest BCUT2D eigenvalue weighted by molar-refractivity contribution is -0.141. The lowest BCUT2D eigenvalue weighted by atomic mass is 9.91. The summed E-state index contributed by atoms with van der Waals surface area (Å²) in [5.41, 5.74) is -1.16. The van der Waals surface area contributed by atoms with Crippen molar-refractivity contribution in [2.75, 3.05) is 20.6 Å². The third kappa shape index (κ3) is 5.77. The van der Waals surface area contributed by atoms with Crippen LogP contribution in [0.25, 0.3) is 0 Å². The number of ketones is 1. The van der Waals surface area contributed by atoms with Crippen LogP contribution in [0.1, 0.15) is 78.1 Å². The molecule has 38 heavy (non-hydrogen) atoms. The molecule has 2 aliphatic carbocycles. The normalized spacial score (nSPS) is 34.2. The summed E-state index contributed by atoms with van der Waals surface area (Å²) in [7, 11) is -0.728. The van der Waals surface area contributed by atoms with E-state index in [2.05, 4.69) is 4.72 Å². The molecule has 2 aliphatic heterocycles. The van der Waals surface area contributed by atoms with Gasteiger partial charge in [0, 0.05) is 32.9 Å². The Balaban J connectivity index is 1.59. The van der Waals surface area contributed by atoms with Gasteiger partial charge in [-0.3, -0.25) is 19.1 Å². The van der Waals surface area contributed by atoms with E-state index in [1.807, 2.05) is 19.1 Å². The van der Waals surface area contributed by atoms with E-state index in [1.54, 1.807) is 21.0 Å². The first kappa shape index (κ1) is 28.6. The number of nitrogens with zero attached hydrogens (tertiary/aromatic N) is 2. The molecule has 0 unspecified atom stereocenters. The van der Waals surface area contributed by atoms with Gasteiger partial charge in [0.25, 0.3) is 0 Å². The zero-order valence-corrected chi connectivity index (χ0v) is 23.7. The molecule has 4 aliphatic rings. The molecule has 212 valence electrons. The number of amides is 3. The molecule has 1 N–H and O–H groups in total. The van der Waals surface area contributed by atoms with Gasteiger partial charge in [-0.05, 0) is 51.4 Å². The van der Waals surface area contributed by atoms with Gasteiger partial charge in [-0.2, -0.15) is 0 Å². The lowest BCUT2D eigenvalue weighted by Gasteiger charge is -2.28. The predicted octanol–water partition coefficient (Wildman–Crippen LogP) is 2.77. The molecule has 1 saturated heterocycles. The van der Waals surface area contributed by atoms with Crippen molar-refractivity contribution in [3.8, 4) is 0 Å². The number of rotatable bonds is 4. The van der Waals surface area contributed by atoms with Crippen molar-refractivity contribution in [2.45, 2.75) is 94.9 Å². The van der Waals surface area contributed by atoms with E-state index < -0.39 is 44.3 Å². The number of hydrogen-bond acceptors (Lipinski definition) is 7. The van der Waals surface area contributed by atoms with Crippen molar-refractivity contribution in [3.05, 3.63) is 12.2 Å². The number of Topliss-reactive ketones (excluding diaryl/α,β-unsaturated/α-hetero) is 1. The minimum Gasteiger partial charge on any atom is -0.444 e. The molecular formula is C27H41N3O7S. The number of hydrogen-bond donors (Lipinski definition) is 1. The lowest BCUT2D eigenvalue weighted by Crippen LogP contribution is -2.46. The first-order chi connectivity index (χ1) is 17.8. The second-order valence-corrected chi connectivity index (χ2v) is 14.3. The van der Waals surface area contributed by atoms with E-state index in [-0.39, 0.29) is 42.9 Å². The molecule has 0 aromatic rings. The Kier molecular flexibility index (Phi) is 7.99. The second-order valence-electron chi connectivity index (χ2n) is 12.1. The predicted molar refractivity (Wildman–Crippen MR) is 140 cm³/mol. The van der Waals surface area contributed by atoms with Crippen LogP contribution in [0.3, 0.4) is 0 Å². The average molecular weight is 552 g/mol. The largest absolute Gasteiger partial charge is 0.444 e. The number of carbonyl (C=O) groups is 4. The summed E-state index contributed by atoms with van der Waals surface area (Å²) in [6.45, 7) is 3.59. The standard InChI is InChI=1S/C27H41N3O7S/c1-18-10-8-6-5-7-9-11-19-15-27(19,24(33)28-38(35,36)26(2)12-13-26)16-22(31)21-14-20(17-30(21)23(18)32)37-25(34)29(3)4/h9,11,18-21H,5-8,10,12-17H2,1-4H3,(H,28,33)/b11-9-/t18-,19-,20+,21-,27+/m0/s1. The van der Waals surface area contributed by atoms with Gasteiger partial charge >= 0.3 is 6.09 Å². The topological polar surface area (TPSA) is 130 Å². The fourth-order valence-corrected chi connectivity index (χ4v) is 6.92. The fraction of sp³-hybridized carbons (Fsp3) is 0.778. The minimum atomic E-state index is -3.86. The summed E-state index contributed by atoms with van der Waals surface area (Å²) < 4.78 is 32.5. The molecule has 2 heterocycles. The molecule has 0 aromatic carbocycles. The number of nitrogens with one attached hydrogen (secondary N) is 1. The summed E-state index contributed by atoms with van der Waals surface area (Å²) in [5.74, 6) is -1.63. The molecule has 0 bridgehead atoms. The van der Waals surface area contributed by atoms with Gasteiger partial charge in [0.05, 0.1) is 22.7 Å². The third-order valence-corrected chi connectivity index (χ3v) is 10.9. The summed E-state index contributed by atoms with van der Waals surface area (Å²) in [5, 5.41) is 0. The van der Waals surface area contributed by atoms with Gasteiger partial charge in [-0.15, -0.1) is 0 Å². The zero-order chi connectivity index (χ0) is 27.9. The molecule has 3 amide bonds. The Morgan fingerprint density at radius 1 is 1.16 bits per heavy atom. The number of allylic oxidation sites excluding steroid dienone is 2. The van der Waals surface area contributed by atoms with Crippen molar-refractivity contribution >= 4 is 33.7 Å². The van der Waals surface area contributed by atoms with Crippen LogP contribution in [-0.2, 0) is 29.1 Å². The summed E-state index contributed by atoms with van der Waals surface area (Å²) in [4.78, 5) is 55.7. The van der Waals surface area contributed by atoms with Gasteiger partial charge in [0.1, 0.15) is 6.10 Å². The van der Waals surface area contributed by atoms with Crippen LogP contribution in [0, 0.1) is 17.3 Å². The van der Waals surface area contributed by atoms with Crippen molar-refractivity contribution < 1.29 is 32.3 Å². The summed E-state index contributed by atoms with van der Waals surface area (Å²) in [6, 6.07) is -0.831. The van der Waals surface area contributed by atoms with Crippen molar-refractivity contribution in [3.63, 3.8) is 0 Å². The van der Waals surface area contributed by atoms with Gasteiger partial charge in [0.2, 0.25) is 21.8 Å². The highest BCUT2D eigenvalue weighted by atomic mass is 32.2. The van der Waals surface area contributed by atoms with Crippen molar-refractivity contribution in [1.82, 2.24) is 14.5 Å². The highest BCUT2D eigenvalue weighted by Crippen LogP contribution is 2.57. The van der Waals surface area contributed by atoms with Crippen LogP contribution in [-0.4, -0.2) is 79.4 Å². The van der Waals surface area contributed by atoms with E-state index >= 15 is 0 Å². The van der Waals surface area contributed by atoms with Crippen LogP contribution in [0.15, 0.2) is 12.2 Å². The Labute approximate surface area is 225 Å². The van der Waals surface area contributed by atoms with Crippen molar-refractivity contribution in [1.29, 1.82) is 0 Å². The van der Waals surface area contributed by atoms with E-state index in [1.165, 1.54) is 9.80 Å². The smallest absolute Gasteiger partial charge is 0.409 e. The highest BCUT2D eigenvalue weighted by molar-refractivity contribution is 7.91. The van der Waals surface area contributed by atoms with Crippen LogP contribution in [0.4, 0.5) is 4.79 Å². The SMILES string of the molecule is C[C@H]1CCCCC/C=C\[C@H]2C[C@@]2(C(=O)NS(=O)(=O)C2(C)CC2)CC(=O)[C@@H]2C[C@@H](OC(=O)N(C)C)CN2C1=O. The molecule has 4 rings (SSSR count). The quantitative estimate of drug-likeness (QED) is 0.532. The average Bonchev–Trinajstić information content (AvgIpc) is 3.72. The molecule has 0 aromatic heterocycles. The fourth-order valence-electron chi connectivity index (χ4n) is 5.59. The van der Waals surface area contributed by atoms with E-state index in [0.29, 0.717) is 25.7 Å². The number of fused-ring (bicyclic) bond motifs is 2. The third-order valence-electron chi connectivity index (χ3n) is 8.75. The monoisotopic (exact) mass is 551 g/mol. The second kappa shape index (κ2) is 10.6. The van der Waals surface area contributed by atoms with Gasteiger partial charge in [0.15, 0.2) is 5.78 Å². The minimum absolute atomic E-state index is 0.119. The molecule has 0 spiro atoms. The van der Waals surface area contributed by atoms with Crippen LogP contribution >= 0.6 is 0 Å². The summed E-state index contributed by atoms with van der Waals surface area (Å²) >= 11 is 0. The molecule has 2 saturated carbocycles. The van der Waals surface area contributed by atoms with Crippen molar-refractivity contribution in [2.24, 2.45) is 17.3 Å². The Morgan fingerprint density at radius 2 is 1.87 bits per heavy atom. The van der Waals surface area contributed by atoms with E-state index in [9.17, 15) is 27.6 Å². The van der Waals surface area contributed by atoms with E-state index in [4.69, 9.17) is 4.74 Å². The zero-order valence-electron chi connectivity index (χ0n) is 22.9. The number of ether oxygens (including phenoxy) is 1.